The number of benzene rings is 2. The molecule has 150 valence electrons. The molecule has 30 heavy (non-hydrogen) atoms. The number of nitrogens with two attached hydrogens (primary N) is 1. The highest BCUT2D eigenvalue weighted by Gasteiger charge is 2.06. The molecule has 2 aromatic carbocycles. The highest BCUT2D eigenvalue weighted by molar-refractivity contribution is 6.30. The van der Waals surface area contributed by atoms with E-state index >= 15 is 0 Å². The zero-order valence-corrected chi connectivity index (χ0v) is 17.3. The van der Waals surface area contributed by atoms with Gasteiger partial charge < -0.3 is 11.1 Å². The maximum Gasteiger partial charge on any atom is 0.219 e. The molecule has 0 saturated heterocycles. The van der Waals surface area contributed by atoms with Gasteiger partial charge >= 0.3 is 0 Å². The van der Waals surface area contributed by atoms with E-state index in [1.165, 1.54) is 5.56 Å². The first kappa shape index (κ1) is 19.8. The fraction of sp³-hybridized carbons (Fsp3) is 0.130. The minimum absolute atomic E-state index is 0.275. The molecule has 0 aliphatic rings. The van der Waals surface area contributed by atoms with Crippen molar-refractivity contribution in [3.05, 3.63) is 83.4 Å². The third-order valence-corrected chi connectivity index (χ3v) is 4.88. The standard InChI is InChI=1S/C23H21ClN6/c1-15-29-21(17-5-7-20(24)8-6-17)12-22(30-15)26-10-9-16-3-2-4-18(11-16)19-13-27-23(25)28-14-19/h2-8,11-14H,9-10H2,1H3,(H2,25,27,28)(H,26,29,30). The highest BCUT2D eigenvalue weighted by atomic mass is 35.5. The molecule has 0 bridgehead atoms. The number of rotatable bonds is 6. The monoisotopic (exact) mass is 416 g/mol. The van der Waals surface area contributed by atoms with Crippen molar-refractivity contribution in [1.29, 1.82) is 0 Å². The van der Waals surface area contributed by atoms with E-state index in [0.717, 1.165) is 47.0 Å². The summed E-state index contributed by atoms with van der Waals surface area (Å²) in [6, 6.07) is 17.9. The maximum atomic E-state index is 5.99. The van der Waals surface area contributed by atoms with Gasteiger partial charge in [-0.2, -0.15) is 0 Å². The molecule has 0 saturated carbocycles. The smallest absolute Gasteiger partial charge is 0.219 e. The molecule has 6 nitrogen and oxygen atoms in total. The molecular weight excluding hydrogens is 396 g/mol. The van der Waals surface area contributed by atoms with Crippen molar-refractivity contribution in [2.24, 2.45) is 0 Å². The van der Waals surface area contributed by atoms with Crippen molar-refractivity contribution >= 4 is 23.4 Å². The van der Waals surface area contributed by atoms with E-state index in [0.29, 0.717) is 5.02 Å². The minimum Gasteiger partial charge on any atom is -0.370 e. The quantitative estimate of drug-likeness (QED) is 0.469. The molecule has 0 fully saturated rings. The predicted molar refractivity (Wildman–Crippen MR) is 121 cm³/mol. The summed E-state index contributed by atoms with van der Waals surface area (Å²) in [7, 11) is 0. The van der Waals surface area contributed by atoms with Crippen LogP contribution in [-0.2, 0) is 6.42 Å². The minimum atomic E-state index is 0.275. The van der Waals surface area contributed by atoms with Gasteiger partial charge in [-0.1, -0.05) is 48.0 Å². The highest BCUT2D eigenvalue weighted by Crippen LogP contribution is 2.22. The Morgan fingerprint density at radius 2 is 1.67 bits per heavy atom. The summed E-state index contributed by atoms with van der Waals surface area (Å²) in [5.41, 5.74) is 10.7. The van der Waals surface area contributed by atoms with Crippen molar-refractivity contribution in [1.82, 2.24) is 19.9 Å². The van der Waals surface area contributed by atoms with Crippen LogP contribution in [-0.4, -0.2) is 26.5 Å². The first-order valence-corrected chi connectivity index (χ1v) is 9.97. The number of nitrogens with one attached hydrogen (secondary N) is 1. The Bertz CT molecular complexity index is 1140. The maximum absolute atomic E-state index is 5.99. The SMILES string of the molecule is Cc1nc(NCCc2cccc(-c3cnc(N)nc3)c2)cc(-c2ccc(Cl)cc2)n1. The lowest BCUT2D eigenvalue weighted by molar-refractivity contribution is 0.983. The van der Waals surface area contributed by atoms with Crippen molar-refractivity contribution in [2.75, 3.05) is 17.6 Å². The molecule has 7 heteroatoms. The van der Waals surface area contributed by atoms with Crippen LogP contribution in [0.1, 0.15) is 11.4 Å². The van der Waals surface area contributed by atoms with Crippen LogP contribution in [0, 0.1) is 6.92 Å². The lowest BCUT2D eigenvalue weighted by atomic mass is 10.0. The van der Waals surface area contributed by atoms with Crippen LogP contribution in [0.15, 0.2) is 67.0 Å². The van der Waals surface area contributed by atoms with Crippen LogP contribution < -0.4 is 11.1 Å². The van der Waals surface area contributed by atoms with Crippen LogP contribution >= 0.6 is 11.6 Å². The molecule has 0 unspecified atom stereocenters. The van der Waals surface area contributed by atoms with Crippen LogP contribution in [0.2, 0.25) is 5.02 Å². The molecule has 0 aliphatic heterocycles. The number of hydrogen-bond donors (Lipinski definition) is 2. The van der Waals surface area contributed by atoms with Gasteiger partial charge in [0.05, 0.1) is 5.69 Å². The Morgan fingerprint density at radius 3 is 2.43 bits per heavy atom. The average Bonchev–Trinajstić information content (AvgIpc) is 2.75. The number of aryl methyl sites for hydroxylation is 1. The van der Waals surface area contributed by atoms with Gasteiger partial charge in [-0.25, -0.2) is 19.9 Å². The van der Waals surface area contributed by atoms with Crippen LogP contribution in [0.5, 0.6) is 0 Å². The van der Waals surface area contributed by atoms with Crippen molar-refractivity contribution < 1.29 is 0 Å². The first-order chi connectivity index (χ1) is 14.6. The lowest BCUT2D eigenvalue weighted by Gasteiger charge is -2.10. The summed E-state index contributed by atoms with van der Waals surface area (Å²) in [4.78, 5) is 17.2. The molecule has 0 amide bonds. The van der Waals surface area contributed by atoms with Gasteiger partial charge in [-0.3, -0.25) is 0 Å². The molecule has 0 radical (unpaired) electrons. The molecule has 2 heterocycles. The van der Waals surface area contributed by atoms with Gasteiger partial charge in [-0.05, 0) is 36.6 Å². The molecular formula is C23H21ClN6. The molecule has 2 aromatic heterocycles. The normalized spacial score (nSPS) is 10.7. The van der Waals surface area contributed by atoms with Crippen LogP contribution in [0.4, 0.5) is 11.8 Å². The van der Waals surface area contributed by atoms with E-state index in [4.69, 9.17) is 17.3 Å². The number of nitrogens with zero attached hydrogens (tertiary/aromatic N) is 4. The van der Waals surface area contributed by atoms with E-state index in [1.54, 1.807) is 12.4 Å². The van der Waals surface area contributed by atoms with E-state index in [9.17, 15) is 0 Å². The van der Waals surface area contributed by atoms with Gasteiger partial charge in [0.15, 0.2) is 0 Å². The second-order valence-corrected chi connectivity index (χ2v) is 7.34. The van der Waals surface area contributed by atoms with E-state index in [1.807, 2.05) is 49.4 Å². The van der Waals surface area contributed by atoms with E-state index < -0.39 is 0 Å². The van der Waals surface area contributed by atoms with Crippen LogP contribution in [0.25, 0.3) is 22.4 Å². The van der Waals surface area contributed by atoms with Crippen molar-refractivity contribution in [3.63, 3.8) is 0 Å². The Labute approximate surface area is 180 Å². The number of anilines is 2. The Balaban J connectivity index is 1.44. The number of aromatic nitrogens is 4. The summed E-state index contributed by atoms with van der Waals surface area (Å²) in [6.07, 6.45) is 4.33. The number of hydrogen-bond acceptors (Lipinski definition) is 6. The third-order valence-electron chi connectivity index (χ3n) is 4.63. The summed E-state index contributed by atoms with van der Waals surface area (Å²) in [6.45, 7) is 2.64. The Hall–Kier alpha value is -3.51. The summed E-state index contributed by atoms with van der Waals surface area (Å²) in [5, 5.41) is 4.11. The summed E-state index contributed by atoms with van der Waals surface area (Å²) in [5.74, 6) is 1.79. The fourth-order valence-electron chi connectivity index (χ4n) is 3.16. The van der Waals surface area contributed by atoms with Gasteiger partial charge in [0.25, 0.3) is 0 Å². The molecule has 4 aromatic rings. The summed E-state index contributed by atoms with van der Waals surface area (Å²) < 4.78 is 0. The van der Waals surface area contributed by atoms with Gasteiger partial charge in [-0.15, -0.1) is 0 Å². The largest absolute Gasteiger partial charge is 0.370 e. The van der Waals surface area contributed by atoms with Gasteiger partial charge in [0.1, 0.15) is 11.6 Å². The second kappa shape index (κ2) is 8.88. The topological polar surface area (TPSA) is 89.6 Å². The zero-order chi connectivity index (χ0) is 20.9. The van der Waals surface area contributed by atoms with Crippen molar-refractivity contribution in [3.8, 4) is 22.4 Å². The van der Waals surface area contributed by atoms with E-state index in [2.05, 4.69) is 37.4 Å². The molecule has 0 atom stereocenters. The van der Waals surface area contributed by atoms with Crippen molar-refractivity contribution in [2.45, 2.75) is 13.3 Å². The molecule has 0 spiro atoms. The Kier molecular flexibility index (Phi) is 5.86. The fourth-order valence-corrected chi connectivity index (χ4v) is 3.28. The molecule has 0 aliphatic carbocycles. The average molecular weight is 417 g/mol. The lowest BCUT2D eigenvalue weighted by Crippen LogP contribution is -2.08. The number of nitrogen functional groups attached to an aromatic ring is 1. The third kappa shape index (κ3) is 4.90. The molecule has 3 N–H and O–H groups in total. The van der Waals surface area contributed by atoms with E-state index in [-0.39, 0.29) is 5.95 Å². The summed E-state index contributed by atoms with van der Waals surface area (Å²) >= 11 is 5.99. The van der Waals surface area contributed by atoms with Crippen LogP contribution in [0.3, 0.4) is 0 Å². The first-order valence-electron chi connectivity index (χ1n) is 9.59. The zero-order valence-electron chi connectivity index (χ0n) is 16.5. The second-order valence-electron chi connectivity index (χ2n) is 6.90. The molecule has 4 rings (SSSR count). The Morgan fingerprint density at radius 1 is 0.900 bits per heavy atom. The number of halogens is 1. The van der Waals surface area contributed by atoms with Gasteiger partial charge in [0.2, 0.25) is 5.95 Å². The predicted octanol–water partition coefficient (Wildman–Crippen LogP) is 4.80. The van der Waals surface area contributed by atoms with Gasteiger partial charge in [0, 0.05) is 41.2 Å².